The van der Waals surface area contributed by atoms with Crippen molar-refractivity contribution in [1.29, 1.82) is 0 Å². The highest BCUT2D eigenvalue weighted by Gasteiger charge is 2.27. The molecular weight excluding hydrogens is 178 g/mol. The van der Waals surface area contributed by atoms with E-state index in [-0.39, 0.29) is 0 Å². The lowest BCUT2D eigenvalue weighted by molar-refractivity contribution is 0.564. The second-order valence-corrected chi connectivity index (χ2v) is 5.17. The van der Waals surface area contributed by atoms with Gasteiger partial charge in [0, 0.05) is 21.7 Å². The van der Waals surface area contributed by atoms with Crippen LogP contribution in [0, 0.1) is 0 Å². The molecule has 0 bridgehead atoms. The largest absolute Gasteiger partial charge is 0.327 e. The summed E-state index contributed by atoms with van der Waals surface area (Å²) in [5.74, 6) is 0.631. The molecule has 1 aromatic rings. The first-order chi connectivity index (χ1) is 6.22. The van der Waals surface area contributed by atoms with Crippen molar-refractivity contribution in [3.05, 3.63) is 21.4 Å². The van der Waals surface area contributed by atoms with Crippen LogP contribution in [0.5, 0.6) is 0 Å². The second-order valence-electron chi connectivity index (χ2n) is 3.95. The van der Waals surface area contributed by atoms with Gasteiger partial charge in [0.15, 0.2) is 0 Å². The molecule has 1 aliphatic carbocycles. The van der Waals surface area contributed by atoms with Crippen molar-refractivity contribution < 1.29 is 0 Å². The second kappa shape index (κ2) is 3.43. The van der Waals surface area contributed by atoms with Gasteiger partial charge in [0.1, 0.15) is 0 Å². The van der Waals surface area contributed by atoms with Gasteiger partial charge in [0.25, 0.3) is 0 Å². The first-order valence-corrected chi connectivity index (χ1v) is 5.91. The van der Waals surface area contributed by atoms with E-state index >= 15 is 0 Å². The van der Waals surface area contributed by atoms with Crippen molar-refractivity contribution in [3.8, 4) is 0 Å². The van der Waals surface area contributed by atoms with Crippen molar-refractivity contribution in [1.82, 2.24) is 0 Å². The van der Waals surface area contributed by atoms with Crippen molar-refractivity contribution in [3.63, 3.8) is 0 Å². The van der Waals surface area contributed by atoms with E-state index in [1.54, 1.807) is 10.4 Å². The van der Waals surface area contributed by atoms with Gasteiger partial charge in [0.2, 0.25) is 0 Å². The summed E-state index contributed by atoms with van der Waals surface area (Å²) in [6, 6.07) is 2.70. The van der Waals surface area contributed by atoms with Gasteiger partial charge in [0.05, 0.1) is 0 Å². The van der Waals surface area contributed by atoms with E-state index < -0.39 is 0 Å². The smallest absolute Gasteiger partial charge is 0.00838 e. The number of thiophene rings is 1. The summed E-state index contributed by atoms with van der Waals surface area (Å²) in [4.78, 5) is 3.12. The maximum Gasteiger partial charge on any atom is 0.00838 e. The Labute approximate surface area is 84.0 Å². The van der Waals surface area contributed by atoms with Gasteiger partial charge in [-0.3, -0.25) is 0 Å². The number of aryl methyl sites for hydroxylation is 2. The molecule has 72 valence electrons. The highest BCUT2D eigenvalue weighted by molar-refractivity contribution is 7.12. The molecule has 0 fully saturated rings. The third-order valence-corrected chi connectivity index (χ3v) is 4.31. The van der Waals surface area contributed by atoms with Crippen LogP contribution in [0.4, 0.5) is 0 Å². The van der Waals surface area contributed by atoms with Gasteiger partial charge in [-0.05, 0) is 37.8 Å². The highest BCUT2D eigenvalue weighted by Crippen LogP contribution is 2.40. The minimum Gasteiger partial charge on any atom is -0.327 e. The van der Waals surface area contributed by atoms with Gasteiger partial charge in [-0.15, -0.1) is 11.3 Å². The maximum atomic E-state index is 5.97. The standard InChI is InChI=1S/C11H17NS/c1-3-8-6-10-9(7(2)12)4-5-11(10)13-8/h6-7,9H,3-5,12H2,1-2H3. The summed E-state index contributed by atoms with van der Waals surface area (Å²) in [6.45, 7) is 4.35. The number of nitrogens with two attached hydrogens (primary N) is 1. The monoisotopic (exact) mass is 195 g/mol. The molecule has 2 N–H and O–H groups in total. The molecule has 0 saturated heterocycles. The Bertz CT molecular complexity index is 301. The zero-order valence-electron chi connectivity index (χ0n) is 8.34. The minimum atomic E-state index is 0.320. The average Bonchev–Trinajstić information content (AvgIpc) is 2.59. The predicted molar refractivity (Wildman–Crippen MR) is 58.4 cm³/mol. The normalized spacial score (nSPS) is 23.2. The number of hydrogen-bond acceptors (Lipinski definition) is 2. The van der Waals surface area contributed by atoms with Crippen LogP contribution in [-0.2, 0) is 12.8 Å². The molecule has 0 aromatic carbocycles. The van der Waals surface area contributed by atoms with Crippen LogP contribution in [-0.4, -0.2) is 6.04 Å². The van der Waals surface area contributed by atoms with E-state index in [1.165, 1.54) is 24.1 Å². The lowest BCUT2D eigenvalue weighted by Gasteiger charge is -2.13. The van der Waals surface area contributed by atoms with E-state index in [4.69, 9.17) is 5.73 Å². The molecular formula is C11H17NS. The lowest BCUT2D eigenvalue weighted by Crippen LogP contribution is -2.22. The zero-order valence-corrected chi connectivity index (χ0v) is 9.16. The first-order valence-electron chi connectivity index (χ1n) is 5.09. The van der Waals surface area contributed by atoms with Crippen LogP contribution in [0.2, 0.25) is 0 Å². The van der Waals surface area contributed by atoms with Gasteiger partial charge >= 0.3 is 0 Å². The fourth-order valence-corrected chi connectivity index (χ4v) is 3.37. The summed E-state index contributed by atoms with van der Waals surface area (Å²) in [5, 5.41) is 0. The van der Waals surface area contributed by atoms with E-state index in [1.807, 2.05) is 11.3 Å². The number of fused-ring (bicyclic) bond motifs is 1. The SMILES string of the molecule is CCc1cc2c(s1)CCC2C(C)N. The van der Waals surface area contributed by atoms with Crippen molar-refractivity contribution >= 4 is 11.3 Å². The van der Waals surface area contributed by atoms with Crippen molar-refractivity contribution in [2.45, 2.75) is 45.1 Å². The molecule has 1 aliphatic rings. The van der Waals surface area contributed by atoms with Crippen LogP contribution in [0.25, 0.3) is 0 Å². The Morgan fingerprint density at radius 1 is 1.69 bits per heavy atom. The first kappa shape index (κ1) is 9.22. The molecule has 1 nitrogen and oxygen atoms in total. The third kappa shape index (κ3) is 1.53. The molecule has 2 atom stereocenters. The van der Waals surface area contributed by atoms with Crippen LogP contribution < -0.4 is 5.73 Å². The summed E-state index contributed by atoms with van der Waals surface area (Å²) in [6.07, 6.45) is 3.69. The Balaban J connectivity index is 2.30. The van der Waals surface area contributed by atoms with Crippen molar-refractivity contribution in [2.75, 3.05) is 0 Å². The summed E-state index contributed by atoms with van der Waals surface area (Å²) in [7, 11) is 0. The van der Waals surface area contributed by atoms with E-state index in [2.05, 4.69) is 19.9 Å². The summed E-state index contributed by atoms with van der Waals surface area (Å²) in [5.41, 5.74) is 7.52. The van der Waals surface area contributed by atoms with Gasteiger partial charge < -0.3 is 5.73 Å². The molecule has 0 saturated carbocycles. The van der Waals surface area contributed by atoms with E-state index in [9.17, 15) is 0 Å². The van der Waals surface area contributed by atoms with Crippen molar-refractivity contribution in [2.24, 2.45) is 5.73 Å². The van der Waals surface area contributed by atoms with Crippen LogP contribution >= 0.6 is 11.3 Å². The molecule has 0 amide bonds. The fraction of sp³-hybridized carbons (Fsp3) is 0.636. The molecule has 13 heavy (non-hydrogen) atoms. The zero-order chi connectivity index (χ0) is 9.42. The molecule has 1 heterocycles. The Hall–Kier alpha value is -0.340. The Morgan fingerprint density at radius 2 is 2.46 bits per heavy atom. The molecule has 1 aromatic heterocycles. The quantitative estimate of drug-likeness (QED) is 0.771. The van der Waals surface area contributed by atoms with E-state index in [0.29, 0.717) is 12.0 Å². The maximum absolute atomic E-state index is 5.97. The van der Waals surface area contributed by atoms with Crippen LogP contribution in [0.1, 0.15) is 41.5 Å². The van der Waals surface area contributed by atoms with Gasteiger partial charge in [-0.25, -0.2) is 0 Å². The molecule has 0 radical (unpaired) electrons. The molecule has 0 spiro atoms. The molecule has 2 heteroatoms. The van der Waals surface area contributed by atoms with Crippen LogP contribution in [0.3, 0.4) is 0 Å². The number of hydrogen-bond donors (Lipinski definition) is 1. The number of rotatable bonds is 2. The molecule has 0 aliphatic heterocycles. The topological polar surface area (TPSA) is 26.0 Å². The Morgan fingerprint density at radius 3 is 3.08 bits per heavy atom. The molecule has 2 unspecified atom stereocenters. The van der Waals surface area contributed by atoms with E-state index in [0.717, 1.165) is 0 Å². The lowest BCUT2D eigenvalue weighted by atomic mass is 9.96. The Kier molecular flexibility index (Phi) is 2.43. The summed E-state index contributed by atoms with van der Waals surface area (Å²) >= 11 is 1.99. The molecule has 2 rings (SSSR count). The van der Waals surface area contributed by atoms with Gasteiger partial charge in [-0.2, -0.15) is 0 Å². The van der Waals surface area contributed by atoms with Crippen LogP contribution in [0.15, 0.2) is 6.07 Å². The predicted octanol–water partition coefficient (Wildman–Crippen LogP) is 2.69. The van der Waals surface area contributed by atoms with Gasteiger partial charge in [-0.1, -0.05) is 6.92 Å². The fourth-order valence-electron chi connectivity index (χ4n) is 2.17. The summed E-state index contributed by atoms with van der Waals surface area (Å²) < 4.78 is 0. The average molecular weight is 195 g/mol. The minimum absolute atomic E-state index is 0.320. The third-order valence-electron chi connectivity index (χ3n) is 2.96. The highest BCUT2D eigenvalue weighted by atomic mass is 32.1.